The maximum atomic E-state index is 12.0. The van der Waals surface area contributed by atoms with Gasteiger partial charge in [-0.2, -0.15) is 0 Å². The van der Waals surface area contributed by atoms with Gasteiger partial charge in [0.25, 0.3) is 0 Å². The van der Waals surface area contributed by atoms with Crippen molar-refractivity contribution in [3.05, 3.63) is 0 Å². The molecule has 0 atom stereocenters. The first-order valence-corrected chi connectivity index (χ1v) is 6.72. The van der Waals surface area contributed by atoms with Gasteiger partial charge in [-0.3, -0.25) is 4.79 Å². The molecule has 100 valence electrons. The highest BCUT2D eigenvalue weighted by molar-refractivity contribution is 5.76. The summed E-state index contributed by atoms with van der Waals surface area (Å²) in [6.45, 7) is 13.6. The summed E-state index contributed by atoms with van der Waals surface area (Å²) in [4.78, 5) is 14.0. The third-order valence-corrected chi connectivity index (χ3v) is 3.46. The Hall–Kier alpha value is -0.570. The lowest BCUT2D eigenvalue weighted by Crippen LogP contribution is -2.43. The van der Waals surface area contributed by atoms with Crippen LogP contribution < -0.4 is 5.32 Å². The van der Waals surface area contributed by atoms with E-state index in [4.69, 9.17) is 0 Å². The second-order valence-corrected chi connectivity index (χ2v) is 6.97. The molecule has 0 saturated carbocycles. The van der Waals surface area contributed by atoms with Crippen LogP contribution in [0.1, 0.15) is 53.9 Å². The number of piperidine rings is 1. The smallest absolute Gasteiger partial charge is 0.223 e. The van der Waals surface area contributed by atoms with Crippen LogP contribution in [0.5, 0.6) is 0 Å². The molecule has 1 saturated heterocycles. The van der Waals surface area contributed by atoms with E-state index in [0.29, 0.717) is 17.7 Å². The maximum absolute atomic E-state index is 12.0. The quantitative estimate of drug-likeness (QED) is 0.821. The van der Waals surface area contributed by atoms with Crippen molar-refractivity contribution in [2.75, 3.05) is 19.6 Å². The fraction of sp³-hybridized carbons (Fsp3) is 0.929. The zero-order chi connectivity index (χ0) is 13.1. The molecular formula is C14H28N2O. The van der Waals surface area contributed by atoms with Gasteiger partial charge in [0.15, 0.2) is 0 Å². The van der Waals surface area contributed by atoms with Crippen molar-refractivity contribution in [3.8, 4) is 0 Å². The summed E-state index contributed by atoms with van der Waals surface area (Å²) in [5.74, 6) is 0.303. The van der Waals surface area contributed by atoms with Crippen LogP contribution in [0, 0.1) is 5.41 Å². The van der Waals surface area contributed by atoms with E-state index >= 15 is 0 Å². The summed E-state index contributed by atoms with van der Waals surface area (Å²) in [6, 6.07) is 0. The Balaban J connectivity index is 2.25. The van der Waals surface area contributed by atoms with Crippen LogP contribution >= 0.6 is 0 Å². The fourth-order valence-corrected chi connectivity index (χ4v) is 2.06. The van der Waals surface area contributed by atoms with E-state index in [-0.39, 0.29) is 5.54 Å². The minimum atomic E-state index is 0.101. The number of hydrogen-bond acceptors (Lipinski definition) is 2. The predicted octanol–water partition coefficient (Wildman–Crippen LogP) is 2.41. The van der Waals surface area contributed by atoms with Crippen LogP contribution in [-0.4, -0.2) is 36.0 Å². The number of rotatable bonds is 3. The fourth-order valence-electron chi connectivity index (χ4n) is 2.06. The molecule has 1 fully saturated rings. The second-order valence-electron chi connectivity index (χ2n) is 6.97. The highest BCUT2D eigenvalue weighted by Crippen LogP contribution is 2.29. The van der Waals surface area contributed by atoms with Crippen LogP contribution in [0.15, 0.2) is 0 Å². The van der Waals surface area contributed by atoms with Gasteiger partial charge in [-0.15, -0.1) is 0 Å². The standard InChI is InChI=1S/C14H28N2O/c1-13(2,3)15-9-6-12(17)16-10-7-14(4,5)8-11-16/h15H,6-11H2,1-5H3. The minimum Gasteiger partial charge on any atom is -0.343 e. The number of nitrogens with one attached hydrogen (secondary N) is 1. The van der Waals surface area contributed by atoms with Gasteiger partial charge in [0.1, 0.15) is 0 Å². The monoisotopic (exact) mass is 240 g/mol. The van der Waals surface area contributed by atoms with Gasteiger partial charge in [-0.05, 0) is 39.0 Å². The van der Waals surface area contributed by atoms with Gasteiger partial charge < -0.3 is 10.2 Å². The van der Waals surface area contributed by atoms with Crippen LogP contribution in [0.2, 0.25) is 0 Å². The summed E-state index contributed by atoms with van der Waals surface area (Å²) >= 11 is 0. The lowest BCUT2D eigenvalue weighted by atomic mass is 9.82. The molecule has 1 aliphatic heterocycles. The molecule has 1 N–H and O–H groups in total. The summed E-state index contributed by atoms with van der Waals surface area (Å²) in [5, 5.41) is 3.36. The zero-order valence-corrected chi connectivity index (χ0v) is 12.1. The second kappa shape index (κ2) is 5.38. The van der Waals surface area contributed by atoms with Gasteiger partial charge in [0.05, 0.1) is 0 Å². The first-order chi connectivity index (χ1) is 7.70. The van der Waals surface area contributed by atoms with Gasteiger partial charge in [0, 0.05) is 31.6 Å². The molecule has 3 nitrogen and oxygen atoms in total. The maximum Gasteiger partial charge on any atom is 0.223 e. The van der Waals surface area contributed by atoms with Crippen LogP contribution in [0.4, 0.5) is 0 Å². The molecule has 0 spiro atoms. The summed E-state index contributed by atoms with van der Waals surface area (Å²) in [6.07, 6.45) is 2.88. The van der Waals surface area contributed by atoms with E-state index < -0.39 is 0 Å². The Bertz CT molecular complexity index is 256. The van der Waals surface area contributed by atoms with E-state index in [1.807, 2.05) is 4.90 Å². The Kier molecular flexibility index (Phi) is 4.59. The molecule has 0 radical (unpaired) electrons. The van der Waals surface area contributed by atoms with Crippen LogP contribution in [-0.2, 0) is 4.79 Å². The third-order valence-electron chi connectivity index (χ3n) is 3.46. The average Bonchev–Trinajstić information content (AvgIpc) is 2.15. The van der Waals surface area contributed by atoms with Gasteiger partial charge in [-0.25, -0.2) is 0 Å². The van der Waals surface area contributed by atoms with Crippen molar-refractivity contribution in [1.82, 2.24) is 10.2 Å². The molecular weight excluding hydrogens is 212 g/mol. The van der Waals surface area contributed by atoms with Crippen molar-refractivity contribution in [3.63, 3.8) is 0 Å². The summed E-state index contributed by atoms with van der Waals surface area (Å²) in [7, 11) is 0. The molecule has 0 aliphatic carbocycles. The molecule has 1 aliphatic rings. The van der Waals surface area contributed by atoms with Gasteiger partial charge in [0.2, 0.25) is 5.91 Å². The first kappa shape index (κ1) is 14.5. The lowest BCUT2D eigenvalue weighted by Gasteiger charge is -2.37. The number of amides is 1. The predicted molar refractivity (Wildman–Crippen MR) is 72.0 cm³/mol. The highest BCUT2D eigenvalue weighted by atomic mass is 16.2. The molecule has 0 unspecified atom stereocenters. The zero-order valence-electron chi connectivity index (χ0n) is 12.1. The number of carbonyl (C=O) groups is 1. The number of nitrogens with zero attached hydrogens (tertiary/aromatic N) is 1. The Labute approximate surface area is 106 Å². The van der Waals surface area contributed by atoms with E-state index in [0.717, 1.165) is 32.5 Å². The number of hydrogen-bond donors (Lipinski definition) is 1. The Morgan fingerprint density at radius 1 is 1.24 bits per heavy atom. The van der Waals surface area contributed by atoms with E-state index in [1.54, 1.807) is 0 Å². The van der Waals surface area contributed by atoms with Crippen molar-refractivity contribution in [2.24, 2.45) is 5.41 Å². The number of carbonyl (C=O) groups excluding carboxylic acids is 1. The largest absolute Gasteiger partial charge is 0.343 e. The van der Waals surface area contributed by atoms with Crippen molar-refractivity contribution < 1.29 is 4.79 Å². The van der Waals surface area contributed by atoms with Crippen LogP contribution in [0.25, 0.3) is 0 Å². The average molecular weight is 240 g/mol. The van der Waals surface area contributed by atoms with Gasteiger partial charge in [-0.1, -0.05) is 13.8 Å². The van der Waals surface area contributed by atoms with Crippen molar-refractivity contribution in [1.29, 1.82) is 0 Å². The Morgan fingerprint density at radius 3 is 2.24 bits per heavy atom. The van der Waals surface area contributed by atoms with Crippen molar-refractivity contribution >= 4 is 5.91 Å². The molecule has 0 aromatic rings. The SMILES string of the molecule is CC1(C)CCN(C(=O)CCNC(C)(C)C)CC1. The molecule has 1 heterocycles. The van der Waals surface area contributed by atoms with E-state index in [2.05, 4.69) is 39.9 Å². The van der Waals surface area contributed by atoms with E-state index in [9.17, 15) is 4.79 Å². The third kappa shape index (κ3) is 5.53. The lowest BCUT2D eigenvalue weighted by molar-refractivity contribution is -0.133. The molecule has 17 heavy (non-hydrogen) atoms. The summed E-state index contributed by atoms with van der Waals surface area (Å²) in [5.41, 5.74) is 0.518. The van der Waals surface area contributed by atoms with Crippen molar-refractivity contribution in [2.45, 2.75) is 59.4 Å². The highest BCUT2D eigenvalue weighted by Gasteiger charge is 2.27. The van der Waals surface area contributed by atoms with E-state index in [1.165, 1.54) is 0 Å². The minimum absolute atomic E-state index is 0.101. The molecule has 1 amide bonds. The van der Waals surface area contributed by atoms with Gasteiger partial charge >= 0.3 is 0 Å². The molecule has 1 rings (SSSR count). The molecule has 0 bridgehead atoms. The molecule has 0 aromatic heterocycles. The Morgan fingerprint density at radius 2 is 1.76 bits per heavy atom. The topological polar surface area (TPSA) is 32.3 Å². The molecule has 0 aromatic carbocycles. The number of likely N-dealkylation sites (tertiary alicyclic amines) is 1. The first-order valence-electron chi connectivity index (χ1n) is 6.72. The normalized spacial score (nSPS) is 20.4. The van der Waals surface area contributed by atoms with Crippen LogP contribution in [0.3, 0.4) is 0 Å². The summed E-state index contributed by atoms with van der Waals surface area (Å²) < 4.78 is 0. The molecule has 3 heteroatoms.